The van der Waals surface area contributed by atoms with Gasteiger partial charge in [0.25, 0.3) is 0 Å². The van der Waals surface area contributed by atoms with Crippen molar-refractivity contribution in [1.82, 2.24) is 0 Å². The Hall–Kier alpha value is -0.920. The second kappa shape index (κ2) is 32.3. The fourth-order valence-corrected chi connectivity index (χ4v) is 5.54. The molecule has 0 aliphatic carbocycles. The largest absolute Gasteiger partial charge is 0.303 e. The lowest BCUT2D eigenvalue weighted by molar-refractivity contribution is -0.123. The molecule has 38 heavy (non-hydrogen) atoms. The summed E-state index contributed by atoms with van der Waals surface area (Å²) in [4.78, 5) is 23.6. The highest BCUT2D eigenvalue weighted by molar-refractivity contribution is 5.80. The molecule has 0 radical (unpaired) electrons. The van der Waals surface area contributed by atoms with E-state index in [1.165, 1.54) is 135 Å². The average Bonchev–Trinajstić information content (AvgIpc) is 2.92. The molecule has 1 unspecified atom stereocenters. The molecular formula is C36H68O2. The Balaban J connectivity index is 3.85. The SMILES string of the molecule is CCCCCCCCC=CCCC(CCCCC=O)C(=O)CCCCCCCCCCCCCCCCC. The molecule has 0 amide bonds. The molecular weight excluding hydrogens is 464 g/mol. The van der Waals surface area contributed by atoms with Gasteiger partial charge in [0.2, 0.25) is 0 Å². The van der Waals surface area contributed by atoms with Crippen LogP contribution in [0.15, 0.2) is 12.2 Å². The number of aldehydes is 1. The van der Waals surface area contributed by atoms with Gasteiger partial charge in [-0.05, 0) is 44.9 Å². The maximum atomic E-state index is 12.9. The topological polar surface area (TPSA) is 34.1 Å². The van der Waals surface area contributed by atoms with Crippen LogP contribution in [0.1, 0.15) is 200 Å². The highest BCUT2D eigenvalue weighted by Gasteiger charge is 2.16. The Morgan fingerprint density at radius 2 is 0.895 bits per heavy atom. The monoisotopic (exact) mass is 533 g/mol. The standard InChI is InChI=1S/C36H68O2/c1-3-5-7-9-11-13-15-16-17-18-19-21-23-25-29-33-36(38)35(32-28-26-30-34-37)31-27-24-22-20-14-12-10-8-6-4-2/h22,24,34-35H,3-21,23,25-33H2,1-2H3. The average molecular weight is 533 g/mol. The Morgan fingerprint density at radius 3 is 1.39 bits per heavy atom. The molecule has 0 bridgehead atoms. The van der Waals surface area contributed by atoms with E-state index < -0.39 is 0 Å². The van der Waals surface area contributed by atoms with Gasteiger partial charge in [0.05, 0.1) is 0 Å². The summed E-state index contributed by atoms with van der Waals surface area (Å²) in [6.45, 7) is 4.55. The molecule has 224 valence electrons. The second-order valence-electron chi connectivity index (χ2n) is 11.9. The van der Waals surface area contributed by atoms with Crippen LogP contribution < -0.4 is 0 Å². The van der Waals surface area contributed by atoms with Crippen LogP contribution in [0.2, 0.25) is 0 Å². The van der Waals surface area contributed by atoms with Crippen LogP contribution in [0, 0.1) is 5.92 Å². The molecule has 0 aliphatic rings. The molecule has 0 heterocycles. The highest BCUT2D eigenvalue weighted by atomic mass is 16.1. The number of carbonyl (C=O) groups is 2. The molecule has 1 atom stereocenters. The summed E-state index contributed by atoms with van der Waals surface area (Å²) in [5.41, 5.74) is 0. The first kappa shape index (κ1) is 37.1. The van der Waals surface area contributed by atoms with Crippen LogP contribution in [0.5, 0.6) is 0 Å². The number of ketones is 1. The van der Waals surface area contributed by atoms with Crippen molar-refractivity contribution in [2.75, 3.05) is 0 Å². The Labute approximate surface area is 239 Å². The summed E-state index contributed by atoms with van der Waals surface area (Å²) in [6, 6.07) is 0. The first-order valence-electron chi connectivity index (χ1n) is 17.4. The van der Waals surface area contributed by atoms with Gasteiger partial charge in [0, 0.05) is 18.8 Å². The zero-order chi connectivity index (χ0) is 27.8. The molecule has 0 spiro atoms. The van der Waals surface area contributed by atoms with Crippen molar-refractivity contribution in [2.24, 2.45) is 5.92 Å². The van der Waals surface area contributed by atoms with Crippen molar-refractivity contribution < 1.29 is 9.59 Å². The van der Waals surface area contributed by atoms with Crippen molar-refractivity contribution in [3.8, 4) is 0 Å². The molecule has 0 rings (SSSR count). The van der Waals surface area contributed by atoms with Gasteiger partial charge in [-0.15, -0.1) is 0 Å². The molecule has 0 aliphatic heterocycles. The summed E-state index contributed by atoms with van der Waals surface area (Å²) in [5.74, 6) is 0.683. The molecule has 0 saturated heterocycles. The Morgan fingerprint density at radius 1 is 0.474 bits per heavy atom. The van der Waals surface area contributed by atoms with Gasteiger partial charge in [-0.1, -0.05) is 154 Å². The summed E-state index contributed by atoms with van der Waals surface area (Å²) in [5, 5.41) is 0. The van der Waals surface area contributed by atoms with Gasteiger partial charge >= 0.3 is 0 Å². The molecule has 0 aromatic heterocycles. The van der Waals surface area contributed by atoms with Crippen molar-refractivity contribution in [2.45, 2.75) is 200 Å². The van der Waals surface area contributed by atoms with Crippen LogP contribution in [0.3, 0.4) is 0 Å². The highest BCUT2D eigenvalue weighted by Crippen LogP contribution is 2.21. The van der Waals surface area contributed by atoms with Crippen molar-refractivity contribution in [3.63, 3.8) is 0 Å². The van der Waals surface area contributed by atoms with E-state index in [9.17, 15) is 9.59 Å². The molecule has 0 aromatic rings. The van der Waals surface area contributed by atoms with Gasteiger partial charge in [0.15, 0.2) is 0 Å². The number of allylic oxidation sites excluding steroid dienone is 2. The smallest absolute Gasteiger partial charge is 0.135 e. The summed E-state index contributed by atoms with van der Waals surface area (Å²) < 4.78 is 0. The maximum Gasteiger partial charge on any atom is 0.135 e. The third-order valence-corrected chi connectivity index (χ3v) is 8.18. The van der Waals surface area contributed by atoms with Gasteiger partial charge in [0.1, 0.15) is 12.1 Å². The van der Waals surface area contributed by atoms with E-state index in [2.05, 4.69) is 26.0 Å². The van der Waals surface area contributed by atoms with Crippen LogP contribution in [-0.2, 0) is 9.59 Å². The third kappa shape index (κ3) is 28.1. The van der Waals surface area contributed by atoms with Crippen LogP contribution in [0.4, 0.5) is 0 Å². The van der Waals surface area contributed by atoms with Gasteiger partial charge in [-0.2, -0.15) is 0 Å². The molecule has 2 nitrogen and oxygen atoms in total. The zero-order valence-electron chi connectivity index (χ0n) is 26.1. The second-order valence-corrected chi connectivity index (χ2v) is 11.9. The number of unbranched alkanes of at least 4 members (excludes halogenated alkanes) is 22. The van der Waals surface area contributed by atoms with Gasteiger partial charge in [-0.25, -0.2) is 0 Å². The van der Waals surface area contributed by atoms with Crippen molar-refractivity contribution in [3.05, 3.63) is 12.2 Å². The van der Waals surface area contributed by atoms with E-state index in [4.69, 9.17) is 0 Å². The maximum absolute atomic E-state index is 12.9. The number of carbonyl (C=O) groups excluding carboxylic acids is 2. The van der Waals surface area contributed by atoms with E-state index in [0.717, 1.165) is 51.2 Å². The number of hydrogen-bond acceptors (Lipinski definition) is 2. The number of hydrogen-bond donors (Lipinski definition) is 0. The van der Waals surface area contributed by atoms with E-state index in [1.807, 2.05) is 0 Å². The zero-order valence-corrected chi connectivity index (χ0v) is 26.1. The summed E-state index contributed by atoms with van der Waals surface area (Å²) >= 11 is 0. The first-order valence-corrected chi connectivity index (χ1v) is 17.4. The fraction of sp³-hybridized carbons (Fsp3) is 0.889. The van der Waals surface area contributed by atoms with Crippen molar-refractivity contribution >= 4 is 12.1 Å². The fourth-order valence-electron chi connectivity index (χ4n) is 5.54. The molecule has 0 N–H and O–H groups in total. The summed E-state index contributed by atoms with van der Waals surface area (Å²) in [6.07, 6.45) is 41.7. The molecule has 2 heteroatoms. The first-order chi connectivity index (χ1) is 18.8. The number of Topliss-reactive ketones (excluding diaryl/α,β-unsaturated/α-hetero) is 1. The summed E-state index contributed by atoms with van der Waals surface area (Å²) in [7, 11) is 0. The van der Waals surface area contributed by atoms with Gasteiger partial charge < -0.3 is 4.79 Å². The third-order valence-electron chi connectivity index (χ3n) is 8.18. The quantitative estimate of drug-likeness (QED) is 0.0490. The predicted molar refractivity (Wildman–Crippen MR) is 169 cm³/mol. The van der Waals surface area contributed by atoms with E-state index in [1.54, 1.807) is 0 Å². The molecule has 0 aromatic carbocycles. The lowest BCUT2D eigenvalue weighted by atomic mass is 9.89. The Kier molecular flexibility index (Phi) is 31.5. The lowest BCUT2D eigenvalue weighted by Crippen LogP contribution is -2.14. The minimum atomic E-state index is 0.201. The minimum Gasteiger partial charge on any atom is -0.303 e. The van der Waals surface area contributed by atoms with Gasteiger partial charge in [-0.3, -0.25) is 4.79 Å². The number of rotatable bonds is 32. The van der Waals surface area contributed by atoms with E-state index in [0.29, 0.717) is 12.2 Å². The predicted octanol–water partition coefficient (Wildman–Crippen LogP) is 12.3. The molecule has 0 saturated carbocycles. The normalized spacial score (nSPS) is 12.4. The van der Waals surface area contributed by atoms with E-state index in [-0.39, 0.29) is 5.92 Å². The van der Waals surface area contributed by atoms with Crippen molar-refractivity contribution in [1.29, 1.82) is 0 Å². The van der Waals surface area contributed by atoms with E-state index >= 15 is 0 Å². The van der Waals surface area contributed by atoms with Crippen LogP contribution >= 0.6 is 0 Å². The lowest BCUT2D eigenvalue weighted by Gasteiger charge is -2.15. The van der Waals surface area contributed by atoms with Crippen LogP contribution in [0.25, 0.3) is 0 Å². The molecule has 0 fully saturated rings. The minimum absolute atomic E-state index is 0.201. The van der Waals surface area contributed by atoms with Crippen LogP contribution in [-0.4, -0.2) is 12.1 Å². The Bertz CT molecular complexity index is 509.